The molecule has 1 N–H and O–H groups in total. The Hall–Kier alpha value is -1.55. The van der Waals surface area contributed by atoms with Gasteiger partial charge in [0, 0.05) is 38.2 Å². The minimum atomic E-state index is 0.110. The van der Waals surface area contributed by atoms with Gasteiger partial charge in [0.15, 0.2) is 0 Å². The molecule has 2 aliphatic heterocycles. The number of rotatable bonds is 1. The standard InChI is InChI=1S/C14H18N2O2/c1-16-8-9-6-15-7-13(9)11-4-3-10(18-2)5-12(11)14(16)17/h3-5,9,13,15H,6-8H2,1-2H3/t9-,13?/m0/s1. The van der Waals surface area contributed by atoms with E-state index in [1.807, 2.05) is 24.1 Å². The van der Waals surface area contributed by atoms with Crippen LogP contribution in [0.4, 0.5) is 0 Å². The van der Waals surface area contributed by atoms with Crippen molar-refractivity contribution in [1.82, 2.24) is 10.2 Å². The van der Waals surface area contributed by atoms with Gasteiger partial charge in [-0.3, -0.25) is 4.79 Å². The van der Waals surface area contributed by atoms with Gasteiger partial charge in [0.05, 0.1) is 7.11 Å². The molecule has 0 spiro atoms. The van der Waals surface area contributed by atoms with Crippen LogP contribution in [0.1, 0.15) is 21.8 Å². The van der Waals surface area contributed by atoms with E-state index >= 15 is 0 Å². The lowest BCUT2D eigenvalue weighted by Crippen LogP contribution is -2.31. The van der Waals surface area contributed by atoms with E-state index in [0.29, 0.717) is 11.8 Å². The second-order valence-electron chi connectivity index (χ2n) is 5.16. The van der Waals surface area contributed by atoms with Crippen LogP contribution in [0.3, 0.4) is 0 Å². The van der Waals surface area contributed by atoms with E-state index in [2.05, 4.69) is 11.4 Å². The molecule has 1 amide bonds. The van der Waals surface area contributed by atoms with E-state index in [0.717, 1.165) is 30.9 Å². The number of fused-ring (bicyclic) bond motifs is 3. The summed E-state index contributed by atoms with van der Waals surface area (Å²) in [5.74, 6) is 1.83. The normalized spacial score (nSPS) is 26.6. The van der Waals surface area contributed by atoms with Crippen molar-refractivity contribution < 1.29 is 9.53 Å². The molecule has 1 saturated heterocycles. The molecule has 0 bridgehead atoms. The number of carbonyl (C=O) groups excluding carboxylic acids is 1. The summed E-state index contributed by atoms with van der Waals surface area (Å²) in [6.07, 6.45) is 0. The van der Waals surface area contributed by atoms with Crippen LogP contribution in [0.25, 0.3) is 0 Å². The first-order chi connectivity index (χ1) is 8.70. The van der Waals surface area contributed by atoms with Crippen LogP contribution in [0, 0.1) is 5.92 Å². The summed E-state index contributed by atoms with van der Waals surface area (Å²) in [6.45, 7) is 2.78. The fourth-order valence-corrected chi connectivity index (χ4v) is 3.10. The van der Waals surface area contributed by atoms with Gasteiger partial charge in [-0.25, -0.2) is 0 Å². The summed E-state index contributed by atoms with van der Waals surface area (Å²) < 4.78 is 5.23. The number of benzene rings is 1. The van der Waals surface area contributed by atoms with Crippen molar-refractivity contribution in [3.8, 4) is 5.75 Å². The molecule has 0 aliphatic carbocycles. The van der Waals surface area contributed by atoms with E-state index in [9.17, 15) is 4.79 Å². The molecule has 4 nitrogen and oxygen atoms in total. The zero-order chi connectivity index (χ0) is 12.7. The molecule has 3 rings (SSSR count). The molecule has 18 heavy (non-hydrogen) atoms. The number of methoxy groups -OCH3 is 1. The molecular formula is C14H18N2O2. The Morgan fingerprint density at radius 3 is 3.00 bits per heavy atom. The topological polar surface area (TPSA) is 41.6 Å². The molecule has 1 fully saturated rings. The summed E-state index contributed by atoms with van der Waals surface area (Å²) in [4.78, 5) is 14.2. The zero-order valence-electron chi connectivity index (χ0n) is 10.8. The highest BCUT2D eigenvalue weighted by Gasteiger charge is 2.36. The third kappa shape index (κ3) is 1.68. The minimum Gasteiger partial charge on any atom is -0.497 e. The lowest BCUT2D eigenvalue weighted by Gasteiger charge is -2.19. The highest BCUT2D eigenvalue weighted by molar-refractivity contribution is 5.96. The van der Waals surface area contributed by atoms with Crippen molar-refractivity contribution in [1.29, 1.82) is 0 Å². The third-order valence-electron chi connectivity index (χ3n) is 4.09. The highest BCUT2D eigenvalue weighted by atomic mass is 16.5. The summed E-state index contributed by atoms with van der Waals surface area (Å²) in [6, 6.07) is 5.87. The molecule has 2 heterocycles. The van der Waals surface area contributed by atoms with Gasteiger partial charge in [-0.15, -0.1) is 0 Å². The average molecular weight is 246 g/mol. The molecule has 96 valence electrons. The van der Waals surface area contributed by atoms with Crippen LogP contribution in [0.2, 0.25) is 0 Å². The van der Waals surface area contributed by atoms with Gasteiger partial charge in [-0.1, -0.05) is 6.07 Å². The monoisotopic (exact) mass is 246 g/mol. The lowest BCUT2D eigenvalue weighted by atomic mass is 9.87. The van der Waals surface area contributed by atoms with Crippen molar-refractivity contribution in [3.63, 3.8) is 0 Å². The van der Waals surface area contributed by atoms with E-state index in [1.54, 1.807) is 7.11 Å². The van der Waals surface area contributed by atoms with Gasteiger partial charge in [0.25, 0.3) is 5.91 Å². The summed E-state index contributed by atoms with van der Waals surface area (Å²) in [7, 11) is 3.51. The van der Waals surface area contributed by atoms with Crippen LogP contribution in [0.5, 0.6) is 5.75 Å². The van der Waals surface area contributed by atoms with Gasteiger partial charge < -0.3 is 15.0 Å². The third-order valence-corrected chi connectivity index (χ3v) is 4.09. The van der Waals surface area contributed by atoms with Gasteiger partial charge in [-0.05, 0) is 23.6 Å². The van der Waals surface area contributed by atoms with Crippen LogP contribution in [0.15, 0.2) is 18.2 Å². The highest BCUT2D eigenvalue weighted by Crippen LogP contribution is 2.35. The predicted molar refractivity (Wildman–Crippen MR) is 69.1 cm³/mol. The first-order valence-corrected chi connectivity index (χ1v) is 6.35. The number of carbonyl (C=O) groups is 1. The van der Waals surface area contributed by atoms with Crippen molar-refractivity contribution in [2.24, 2.45) is 5.92 Å². The second-order valence-corrected chi connectivity index (χ2v) is 5.16. The number of hydrogen-bond donors (Lipinski definition) is 1. The number of nitrogens with zero attached hydrogens (tertiary/aromatic N) is 1. The minimum absolute atomic E-state index is 0.110. The molecule has 0 aromatic heterocycles. The molecule has 0 radical (unpaired) electrons. The van der Waals surface area contributed by atoms with Crippen molar-refractivity contribution in [2.45, 2.75) is 5.92 Å². The maximum absolute atomic E-state index is 12.4. The van der Waals surface area contributed by atoms with Gasteiger partial charge in [0.1, 0.15) is 5.75 Å². The Morgan fingerprint density at radius 2 is 2.22 bits per heavy atom. The van der Waals surface area contributed by atoms with Crippen LogP contribution >= 0.6 is 0 Å². The second kappa shape index (κ2) is 4.28. The Bertz CT molecular complexity index is 487. The van der Waals surface area contributed by atoms with E-state index in [4.69, 9.17) is 4.74 Å². The fourth-order valence-electron chi connectivity index (χ4n) is 3.10. The van der Waals surface area contributed by atoms with Crippen LogP contribution in [-0.4, -0.2) is 44.6 Å². The van der Waals surface area contributed by atoms with Gasteiger partial charge in [0.2, 0.25) is 0 Å². The van der Waals surface area contributed by atoms with Crippen LogP contribution in [-0.2, 0) is 0 Å². The first kappa shape index (κ1) is 11.5. The molecule has 2 aliphatic rings. The van der Waals surface area contributed by atoms with E-state index in [-0.39, 0.29) is 5.91 Å². The largest absolute Gasteiger partial charge is 0.497 e. The first-order valence-electron chi connectivity index (χ1n) is 6.35. The number of ether oxygens (including phenoxy) is 1. The molecule has 1 aromatic carbocycles. The van der Waals surface area contributed by atoms with E-state index in [1.165, 1.54) is 5.56 Å². The SMILES string of the molecule is COc1ccc2c(c1)C(=O)N(C)C[C@@H]1CNCC21. The molecule has 1 aromatic rings. The number of amides is 1. The maximum atomic E-state index is 12.4. The maximum Gasteiger partial charge on any atom is 0.254 e. The average Bonchev–Trinajstić information content (AvgIpc) is 2.81. The molecule has 1 unspecified atom stereocenters. The predicted octanol–water partition coefficient (Wildman–Crippen LogP) is 1.08. The van der Waals surface area contributed by atoms with Crippen molar-refractivity contribution in [3.05, 3.63) is 29.3 Å². The summed E-state index contributed by atoms with van der Waals surface area (Å²) in [5, 5.41) is 3.43. The molecule has 2 atom stereocenters. The Kier molecular flexibility index (Phi) is 2.74. The molecule has 4 heteroatoms. The smallest absolute Gasteiger partial charge is 0.254 e. The Morgan fingerprint density at radius 1 is 1.39 bits per heavy atom. The van der Waals surface area contributed by atoms with Gasteiger partial charge in [-0.2, -0.15) is 0 Å². The Balaban J connectivity index is 2.12. The zero-order valence-corrected chi connectivity index (χ0v) is 10.8. The lowest BCUT2D eigenvalue weighted by molar-refractivity contribution is 0.0784. The number of nitrogens with one attached hydrogen (secondary N) is 1. The molecular weight excluding hydrogens is 228 g/mol. The van der Waals surface area contributed by atoms with Gasteiger partial charge >= 0.3 is 0 Å². The van der Waals surface area contributed by atoms with Crippen molar-refractivity contribution in [2.75, 3.05) is 33.8 Å². The summed E-state index contributed by atoms with van der Waals surface area (Å²) in [5.41, 5.74) is 1.97. The fraction of sp³-hybridized carbons (Fsp3) is 0.500. The van der Waals surface area contributed by atoms with E-state index < -0.39 is 0 Å². The summed E-state index contributed by atoms with van der Waals surface area (Å²) >= 11 is 0. The Labute approximate surface area is 107 Å². The molecule has 0 saturated carbocycles. The van der Waals surface area contributed by atoms with Crippen LogP contribution < -0.4 is 10.1 Å². The number of hydrogen-bond acceptors (Lipinski definition) is 3. The van der Waals surface area contributed by atoms with Crippen molar-refractivity contribution >= 4 is 5.91 Å². The quantitative estimate of drug-likeness (QED) is 0.806.